The number of aliphatic carboxylic acids is 1. The van der Waals surface area contributed by atoms with E-state index < -0.39 is 11.9 Å². The van der Waals surface area contributed by atoms with Gasteiger partial charge in [0.2, 0.25) is 0 Å². The lowest BCUT2D eigenvalue weighted by Crippen LogP contribution is -2.45. The molecule has 1 N–H and O–H groups in total. The van der Waals surface area contributed by atoms with Gasteiger partial charge in [0.1, 0.15) is 0 Å². The average molecular weight is 256 g/mol. The van der Waals surface area contributed by atoms with Crippen LogP contribution in [-0.4, -0.2) is 53.1 Å². The summed E-state index contributed by atoms with van der Waals surface area (Å²) in [7, 11) is 1.68. The van der Waals surface area contributed by atoms with Gasteiger partial charge in [-0.25, -0.2) is 4.79 Å². The van der Waals surface area contributed by atoms with Gasteiger partial charge in [0.25, 0.3) is 0 Å². The lowest BCUT2D eigenvalue weighted by atomic mass is 10.2. The predicted octanol–water partition coefficient (Wildman–Crippen LogP) is 2.02. The molecule has 0 spiro atoms. The van der Waals surface area contributed by atoms with Crippen molar-refractivity contribution in [2.45, 2.75) is 45.6 Å². The minimum Gasteiger partial charge on any atom is -0.481 e. The molecule has 0 aromatic carbocycles. The summed E-state index contributed by atoms with van der Waals surface area (Å²) in [5, 5.41) is 8.86. The highest BCUT2D eigenvalue weighted by Crippen LogP contribution is 2.28. The molecule has 1 aliphatic rings. The van der Waals surface area contributed by atoms with Crippen LogP contribution < -0.4 is 0 Å². The summed E-state index contributed by atoms with van der Waals surface area (Å²) < 4.78 is 0. The molecule has 0 aliphatic heterocycles. The number of rotatable bonds is 7. The highest BCUT2D eigenvalue weighted by atomic mass is 16.4. The zero-order valence-corrected chi connectivity index (χ0v) is 11.6. The second kappa shape index (κ2) is 6.61. The number of carbonyl (C=O) groups is 2. The molecular formula is C13H24N2O3. The van der Waals surface area contributed by atoms with Crippen LogP contribution >= 0.6 is 0 Å². The summed E-state index contributed by atoms with van der Waals surface area (Å²) in [5.41, 5.74) is 0. The fourth-order valence-electron chi connectivity index (χ4n) is 1.94. The Bertz CT molecular complexity index is 303. The second-order valence-corrected chi connectivity index (χ2v) is 5.18. The van der Waals surface area contributed by atoms with Crippen molar-refractivity contribution in [1.29, 1.82) is 0 Å². The van der Waals surface area contributed by atoms with Gasteiger partial charge < -0.3 is 14.9 Å². The molecule has 0 aromatic rings. The molecule has 0 aromatic heterocycles. The molecule has 1 fully saturated rings. The molecule has 0 saturated heterocycles. The SMILES string of the molecule is CCCCN(C(=O)N(C)CC(C)C(=O)O)C1CC1. The maximum Gasteiger partial charge on any atom is 0.320 e. The molecule has 1 atom stereocenters. The number of carboxylic acid groups (broad SMARTS) is 1. The molecule has 18 heavy (non-hydrogen) atoms. The third-order valence-electron chi connectivity index (χ3n) is 3.28. The molecular weight excluding hydrogens is 232 g/mol. The van der Waals surface area contributed by atoms with Crippen LogP contribution in [0.1, 0.15) is 39.5 Å². The van der Waals surface area contributed by atoms with E-state index in [2.05, 4.69) is 6.92 Å². The van der Waals surface area contributed by atoms with Gasteiger partial charge in [-0.2, -0.15) is 0 Å². The van der Waals surface area contributed by atoms with E-state index >= 15 is 0 Å². The number of hydrogen-bond acceptors (Lipinski definition) is 2. The lowest BCUT2D eigenvalue weighted by molar-refractivity contribution is -0.141. The Morgan fingerprint density at radius 2 is 2.00 bits per heavy atom. The summed E-state index contributed by atoms with van der Waals surface area (Å²) in [6.45, 7) is 4.78. The Hall–Kier alpha value is -1.26. The van der Waals surface area contributed by atoms with E-state index in [1.54, 1.807) is 14.0 Å². The number of nitrogens with zero attached hydrogens (tertiary/aromatic N) is 2. The molecule has 5 nitrogen and oxygen atoms in total. The predicted molar refractivity (Wildman–Crippen MR) is 69.5 cm³/mol. The largest absolute Gasteiger partial charge is 0.481 e. The van der Waals surface area contributed by atoms with Crippen LogP contribution in [0.2, 0.25) is 0 Å². The Morgan fingerprint density at radius 1 is 1.39 bits per heavy atom. The van der Waals surface area contributed by atoms with Crippen LogP contribution in [0.5, 0.6) is 0 Å². The molecule has 2 amide bonds. The van der Waals surface area contributed by atoms with Crippen LogP contribution in [-0.2, 0) is 4.79 Å². The number of carbonyl (C=O) groups excluding carboxylic acids is 1. The third kappa shape index (κ3) is 4.20. The first-order valence-corrected chi connectivity index (χ1v) is 6.71. The standard InChI is InChI=1S/C13H24N2O3/c1-4-5-8-15(11-6-7-11)13(18)14(3)9-10(2)12(16)17/h10-11H,4-9H2,1-3H3,(H,16,17). The van der Waals surface area contributed by atoms with Crippen molar-refractivity contribution in [3.63, 3.8) is 0 Å². The summed E-state index contributed by atoms with van der Waals surface area (Å²) in [4.78, 5) is 26.5. The van der Waals surface area contributed by atoms with Crippen molar-refractivity contribution in [2.75, 3.05) is 20.1 Å². The fourth-order valence-corrected chi connectivity index (χ4v) is 1.94. The quantitative estimate of drug-likeness (QED) is 0.758. The van der Waals surface area contributed by atoms with Crippen molar-refractivity contribution in [2.24, 2.45) is 5.92 Å². The number of hydrogen-bond donors (Lipinski definition) is 1. The first kappa shape index (κ1) is 14.8. The monoisotopic (exact) mass is 256 g/mol. The van der Waals surface area contributed by atoms with Crippen molar-refractivity contribution < 1.29 is 14.7 Å². The first-order chi connectivity index (χ1) is 8.47. The number of urea groups is 1. The van der Waals surface area contributed by atoms with E-state index in [0.29, 0.717) is 6.04 Å². The highest BCUT2D eigenvalue weighted by molar-refractivity contribution is 5.76. The molecule has 1 saturated carbocycles. The average Bonchev–Trinajstić information content (AvgIpc) is 3.13. The molecule has 104 valence electrons. The van der Waals surface area contributed by atoms with Gasteiger partial charge in [-0.3, -0.25) is 4.79 Å². The highest BCUT2D eigenvalue weighted by Gasteiger charge is 2.34. The second-order valence-electron chi connectivity index (χ2n) is 5.18. The molecule has 0 bridgehead atoms. The Balaban J connectivity index is 2.50. The number of carboxylic acids is 1. The van der Waals surface area contributed by atoms with Crippen LogP contribution in [0.15, 0.2) is 0 Å². The van der Waals surface area contributed by atoms with E-state index in [0.717, 1.165) is 32.2 Å². The summed E-state index contributed by atoms with van der Waals surface area (Å²) in [5.74, 6) is -1.38. The normalized spacial score (nSPS) is 16.2. The van der Waals surface area contributed by atoms with Gasteiger partial charge in [-0.05, 0) is 19.3 Å². The topological polar surface area (TPSA) is 60.9 Å². The van der Waals surface area contributed by atoms with E-state index in [9.17, 15) is 9.59 Å². The van der Waals surface area contributed by atoms with Crippen LogP contribution in [0, 0.1) is 5.92 Å². The van der Waals surface area contributed by atoms with Crippen LogP contribution in [0.25, 0.3) is 0 Å². The zero-order valence-electron chi connectivity index (χ0n) is 11.6. The van der Waals surface area contributed by atoms with Gasteiger partial charge in [0, 0.05) is 26.2 Å². The van der Waals surface area contributed by atoms with Crippen molar-refractivity contribution in [3.8, 4) is 0 Å². The first-order valence-electron chi connectivity index (χ1n) is 6.71. The van der Waals surface area contributed by atoms with Crippen LogP contribution in [0.3, 0.4) is 0 Å². The number of amides is 2. The van der Waals surface area contributed by atoms with Gasteiger partial charge in [-0.15, -0.1) is 0 Å². The molecule has 5 heteroatoms. The molecule has 0 radical (unpaired) electrons. The van der Waals surface area contributed by atoms with E-state index in [-0.39, 0.29) is 12.6 Å². The van der Waals surface area contributed by atoms with Gasteiger partial charge in [0.05, 0.1) is 5.92 Å². The summed E-state index contributed by atoms with van der Waals surface area (Å²) in [6.07, 6.45) is 4.23. The Labute approximate surface area is 109 Å². The molecule has 1 rings (SSSR count). The third-order valence-corrected chi connectivity index (χ3v) is 3.28. The maximum atomic E-state index is 12.2. The summed E-state index contributed by atoms with van der Waals surface area (Å²) in [6, 6.07) is 0.352. The van der Waals surface area contributed by atoms with E-state index in [1.807, 2.05) is 4.90 Å². The van der Waals surface area contributed by atoms with Gasteiger partial charge >= 0.3 is 12.0 Å². The van der Waals surface area contributed by atoms with E-state index in [4.69, 9.17) is 5.11 Å². The molecule has 1 aliphatic carbocycles. The number of unbranched alkanes of at least 4 members (excludes halogenated alkanes) is 1. The zero-order chi connectivity index (χ0) is 13.7. The smallest absolute Gasteiger partial charge is 0.320 e. The molecule has 1 unspecified atom stereocenters. The minimum atomic E-state index is -0.860. The van der Waals surface area contributed by atoms with E-state index in [1.165, 1.54) is 4.90 Å². The maximum absolute atomic E-state index is 12.2. The van der Waals surface area contributed by atoms with Crippen LogP contribution in [0.4, 0.5) is 4.79 Å². The Morgan fingerprint density at radius 3 is 2.44 bits per heavy atom. The lowest BCUT2D eigenvalue weighted by Gasteiger charge is -2.29. The summed E-state index contributed by atoms with van der Waals surface area (Å²) >= 11 is 0. The van der Waals surface area contributed by atoms with Crippen molar-refractivity contribution in [1.82, 2.24) is 9.80 Å². The van der Waals surface area contributed by atoms with Crippen molar-refractivity contribution >= 4 is 12.0 Å². The minimum absolute atomic E-state index is 0.0287. The van der Waals surface area contributed by atoms with Gasteiger partial charge in [0.15, 0.2) is 0 Å². The molecule has 0 heterocycles. The van der Waals surface area contributed by atoms with Crippen molar-refractivity contribution in [3.05, 3.63) is 0 Å². The van der Waals surface area contributed by atoms with Gasteiger partial charge in [-0.1, -0.05) is 20.3 Å². The fraction of sp³-hybridized carbons (Fsp3) is 0.846. The Kier molecular flexibility index (Phi) is 5.44.